The van der Waals surface area contributed by atoms with Crippen LogP contribution in [-0.2, 0) is 0 Å². The first kappa shape index (κ1) is 4.77. The van der Waals surface area contributed by atoms with Gasteiger partial charge in [-0.1, -0.05) is 0 Å². The van der Waals surface area contributed by atoms with Crippen LogP contribution >= 0.6 is 0 Å². The van der Waals surface area contributed by atoms with E-state index in [1.54, 1.807) is 0 Å². The van der Waals surface area contributed by atoms with Crippen molar-refractivity contribution in [3.63, 3.8) is 0 Å². The van der Waals surface area contributed by atoms with Crippen molar-refractivity contribution in [3.05, 3.63) is 0 Å². The van der Waals surface area contributed by atoms with Crippen LogP contribution in [0, 0.1) is 0 Å². The summed E-state index contributed by atoms with van der Waals surface area (Å²) in [6.45, 7) is 2.52. The summed E-state index contributed by atoms with van der Waals surface area (Å²) in [6.07, 6.45) is 1.42. The molecule has 3 fully saturated rings. The highest BCUT2D eigenvalue weighted by Crippen LogP contribution is 2.18. The molecule has 2 heteroatoms. The van der Waals surface area contributed by atoms with Gasteiger partial charge < -0.3 is 10.2 Å². The summed E-state index contributed by atoms with van der Waals surface area (Å²) < 4.78 is 0. The van der Waals surface area contributed by atoms with Crippen molar-refractivity contribution in [1.82, 2.24) is 10.2 Å². The molecule has 3 saturated heterocycles. The SMILES string of the molecule is CN1C[C@H]2C[C@@H](C1)N2. The molecule has 2 bridgehead atoms. The fraction of sp³-hybridized carbons (Fsp3) is 1.00. The van der Waals surface area contributed by atoms with Gasteiger partial charge in [0.1, 0.15) is 0 Å². The molecule has 0 saturated carbocycles. The highest BCUT2D eigenvalue weighted by molar-refractivity contribution is 4.96. The van der Waals surface area contributed by atoms with Gasteiger partial charge in [0.05, 0.1) is 0 Å². The maximum atomic E-state index is 3.47. The number of fused-ring (bicyclic) bond motifs is 2. The van der Waals surface area contributed by atoms with E-state index in [9.17, 15) is 0 Å². The molecule has 0 amide bonds. The van der Waals surface area contributed by atoms with Gasteiger partial charge in [-0.25, -0.2) is 0 Å². The topological polar surface area (TPSA) is 15.3 Å². The smallest absolute Gasteiger partial charge is 0.0213 e. The minimum absolute atomic E-state index is 0.832. The summed E-state index contributed by atoms with van der Waals surface area (Å²) >= 11 is 0. The monoisotopic (exact) mass is 112 g/mol. The maximum absolute atomic E-state index is 3.47. The second-order valence-corrected chi connectivity index (χ2v) is 3.02. The number of nitrogens with zero attached hydrogens (tertiary/aromatic N) is 1. The van der Waals surface area contributed by atoms with E-state index in [0.29, 0.717) is 0 Å². The molecule has 0 aromatic rings. The van der Waals surface area contributed by atoms with E-state index in [2.05, 4.69) is 17.3 Å². The third-order valence-corrected chi connectivity index (χ3v) is 2.10. The predicted molar refractivity (Wildman–Crippen MR) is 32.8 cm³/mol. The zero-order valence-electron chi connectivity index (χ0n) is 5.22. The van der Waals surface area contributed by atoms with Gasteiger partial charge in [-0.3, -0.25) is 0 Å². The van der Waals surface area contributed by atoms with Crippen molar-refractivity contribution in [2.24, 2.45) is 0 Å². The third-order valence-electron chi connectivity index (χ3n) is 2.10. The fourth-order valence-corrected chi connectivity index (χ4v) is 1.73. The molecule has 2 nitrogen and oxygen atoms in total. The number of rotatable bonds is 0. The highest BCUT2D eigenvalue weighted by atomic mass is 15.2. The summed E-state index contributed by atoms with van der Waals surface area (Å²) in [5.41, 5.74) is 0. The van der Waals surface area contributed by atoms with Gasteiger partial charge in [0.25, 0.3) is 0 Å². The van der Waals surface area contributed by atoms with Crippen molar-refractivity contribution in [2.75, 3.05) is 20.1 Å². The van der Waals surface area contributed by atoms with Crippen LogP contribution in [0.3, 0.4) is 0 Å². The average Bonchev–Trinajstić information content (AvgIpc) is 1.62. The summed E-state index contributed by atoms with van der Waals surface area (Å²) in [5, 5.41) is 3.47. The molecule has 3 rings (SSSR count). The normalized spacial score (nSPS) is 46.1. The first-order valence-corrected chi connectivity index (χ1v) is 3.29. The van der Waals surface area contributed by atoms with Crippen LogP contribution in [0.1, 0.15) is 6.42 Å². The molecule has 0 spiro atoms. The summed E-state index contributed by atoms with van der Waals surface area (Å²) in [6, 6.07) is 1.66. The number of piperidine rings is 1. The van der Waals surface area contributed by atoms with Gasteiger partial charge in [0.2, 0.25) is 0 Å². The minimum atomic E-state index is 0.832. The predicted octanol–water partition coefficient (Wildman–Crippen LogP) is -0.338. The van der Waals surface area contributed by atoms with E-state index >= 15 is 0 Å². The van der Waals surface area contributed by atoms with E-state index in [1.165, 1.54) is 19.5 Å². The molecule has 46 valence electrons. The van der Waals surface area contributed by atoms with Crippen LogP contribution in [-0.4, -0.2) is 37.1 Å². The number of hydrogen-bond acceptors (Lipinski definition) is 2. The molecule has 8 heavy (non-hydrogen) atoms. The molecule has 0 aliphatic carbocycles. The van der Waals surface area contributed by atoms with Crippen LogP contribution in [0.15, 0.2) is 0 Å². The van der Waals surface area contributed by atoms with Crippen molar-refractivity contribution in [1.29, 1.82) is 0 Å². The second kappa shape index (κ2) is 1.45. The summed E-state index contributed by atoms with van der Waals surface area (Å²) in [5.74, 6) is 0. The van der Waals surface area contributed by atoms with Crippen molar-refractivity contribution < 1.29 is 0 Å². The van der Waals surface area contributed by atoms with Gasteiger partial charge in [-0.15, -0.1) is 0 Å². The Bertz CT molecular complexity index is 86.7. The van der Waals surface area contributed by atoms with Crippen LogP contribution in [0.2, 0.25) is 0 Å². The third kappa shape index (κ3) is 0.565. The molecular weight excluding hydrogens is 100 g/mol. The van der Waals surface area contributed by atoms with Crippen molar-refractivity contribution in [3.8, 4) is 0 Å². The number of nitrogens with one attached hydrogen (secondary N) is 1. The van der Waals surface area contributed by atoms with Gasteiger partial charge >= 0.3 is 0 Å². The highest BCUT2D eigenvalue weighted by Gasteiger charge is 2.34. The Morgan fingerprint density at radius 3 is 2.12 bits per heavy atom. The Morgan fingerprint density at radius 2 is 1.88 bits per heavy atom. The van der Waals surface area contributed by atoms with E-state index in [-0.39, 0.29) is 0 Å². The number of hydrogen-bond donors (Lipinski definition) is 1. The van der Waals surface area contributed by atoms with Crippen molar-refractivity contribution in [2.45, 2.75) is 18.5 Å². The molecule has 3 heterocycles. The fourth-order valence-electron chi connectivity index (χ4n) is 1.73. The maximum Gasteiger partial charge on any atom is 0.0213 e. The van der Waals surface area contributed by atoms with Crippen LogP contribution in [0.4, 0.5) is 0 Å². The molecule has 2 atom stereocenters. The lowest BCUT2D eigenvalue weighted by Gasteiger charge is -2.47. The van der Waals surface area contributed by atoms with Gasteiger partial charge in [0, 0.05) is 25.2 Å². The average molecular weight is 112 g/mol. The largest absolute Gasteiger partial charge is 0.309 e. The van der Waals surface area contributed by atoms with E-state index in [4.69, 9.17) is 0 Å². The van der Waals surface area contributed by atoms with Crippen LogP contribution in [0.25, 0.3) is 0 Å². The quantitative estimate of drug-likeness (QED) is 0.461. The number of piperazine rings is 1. The second-order valence-electron chi connectivity index (χ2n) is 3.02. The Morgan fingerprint density at radius 1 is 1.38 bits per heavy atom. The lowest BCUT2D eigenvalue weighted by Crippen LogP contribution is -2.65. The van der Waals surface area contributed by atoms with E-state index in [1.807, 2.05) is 0 Å². The minimum Gasteiger partial charge on any atom is -0.309 e. The molecule has 3 aliphatic heterocycles. The van der Waals surface area contributed by atoms with E-state index < -0.39 is 0 Å². The van der Waals surface area contributed by atoms with Crippen LogP contribution in [0.5, 0.6) is 0 Å². The molecule has 0 aromatic heterocycles. The van der Waals surface area contributed by atoms with Crippen LogP contribution < -0.4 is 5.32 Å². The lowest BCUT2D eigenvalue weighted by atomic mass is 9.92. The van der Waals surface area contributed by atoms with E-state index in [0.717, 1.165) is 12.1 Å². The summed E-state index contributed by atoms with van der Waals surface area (Å²) in [4.78, 5) is 2.40. The molecule has 1 N–H and O–H groups in total. The first-order valence-electron chi connectivity index (χ1n) is 3.29. The zero-order valence-corrected chi connectivity index (χ0v) is 5.22. The first-order chi connectivity index (χ1) is 3.84. The Hall–Kier alpha value is -0.0800. The molecular formula is C6H12N2. The molecule has 0 unspecified atom stereocenters. The summed E-state index contributed by atoms with van der Waals surface area (Å²) in [7, 11) is 2.19. The Balaban J connectivity index is 1.97. The lowest BCUT2D eigenvalue weighted by molar-refractivity contribution is 0.0984. The molecule has 0 aromatic carbocycles. The molecule has 3 aliphatic rings. The van der Waals surface area contributed by atoms with Crippen molar-refractivity contribution >= 4 is 0 Å². The standard InChI is InChI=1S/C6H12N2/c1-8-3-5-2-6(4-8)7-5/h5-7H,2-4H2,1H3/t5-,6+. The number of likely N-dealkylation sites (N-methyl/N-ethyl adjacent to an activating group) is 1. The molecule has 0 radical (unpaired) electrons. The van der Waals surface area contributed by atoms with Gasteiger partial charge in [-0.05, 0) is 13.5 Å². The zero-order chi connectivity index (χ0) is 5.56. The van der Waals surface area contributed by atoms with Gasteiger partial charge in [-0.2, -0.15) is 0 Å². The van der Waals surface area contributed by atoms with Gasteiger partial charge in [0.15, 0.2) is 0 Å². The Kier molecular flexibility index (Phi) is 0.866. The Labute approximate surface area is 49.9 Å².